The first-order valence-corrected chi connectivity index (χ1v) is 9.17. The van der Waals surface area contributed by atoms with E-state index in [9.17, 15) is 0 Å². The molecule has 0 spiro atoms. The van der Waals surface area contributed by atoms with Gasteiger partial charge in [-0.05, 0) is 32.8 Å². The number of para-hydroxylation sites is 1. The highest BCUT2D eigenvalue weighted by Gasteiger charge is 2.21. The van der Waals surface area contributed by atoms with Crippen molar-refractivity contribution in [3.8, 4) is 5.75 Å². The second-order valence-corrected chi connectivity index (χ2v) is 6.68. The van der Waals surface area contributed by atoms with Gasteiger partial charge in [0.05, 0.1) is 0 Å². The smallest absolute Gasteiger partial charge is 0.191 e. The highest BCUT2D eigenvalue weighted by Crippen LogP contribution is 2.18. The van der Waals surface area contributed by atoms with Gasteiger partial charge in [0.15, 0.2) is 5.96 Å². The predicted molar refractivity (Wildman–Crippen MR) is 121 cm³/mol. The fraction of sp³-hybridized carbons (Fsp3) is 0.550. The van der Waals surface area contributed by atoms with Crippen LogP contribution in [0.3, 0.4) is 0 Å². The van der Waals surface area contributed by atoms with Gasteiger partial charge in [-0.15, -0.1) is 24.0 Å². The highest BCUT2D eigenvalue weighted by molar-refractivity contribution is 14.0. The molecule has 1 aliphatic rings. The SMILES string of the molecule is C=CCOc1ccccc1CNC(=NC)NC1CCN(C(C)C)CC1.I. The number of nitrogens with zero attached hydrogens (tertiary/aromatic N) is 2. The van der Waals surface area contributed by atoms with Crippen LogP contribution in [0.1, 0.15) is 32.3 Å². The van der Waals surface area contributed by atoms with E-state index in [4.69, 9.17) is 4.74 Å². The van der Waals surface area contributed by atoms with Crippen LogP contribution in [0.25, 0.3) is 0 Å². The van der Waals surface area contributed by atoms with Crippen LogP contribution in [0.15, 0.2) is 41.9 Å². The lowest BCUT2D eigenvalue weighted by Gasteiger charge is -2.35. The number of likely N-dealkylation sites (tertiary alicyclic amines) is 1. The zero-order valence-electron chi connectivity index (χ0n) is 16.2. The van der Waals surface area contributed by atoms with Crippen LogP contribution in [-0.2, 0) is 6.54 Å². The average Bonchev–Trinajstić information content (AvgIpc) is 2.64. The van der Waals surface area contributed by atoms with E-state index in [0.717, 1.165) is 43.2 Å². The Morgan fingerprint density at radius 2 is 2.04 bits per heavy atom. The molecule has 0 atom stereocenters. The number of hydrogen-bond donors (Lipinski definition) is 2. The summed E-state index contributed by atoms with van der Waals surface area (Å²) in [6, 6.07) is 9.17. The van der Waals surface area contributed by atoms with Gasteiger partial charge in [0.1, 0.15) is 12.4 Å². The Balaban J connectivity index is 0.00000338. The molecule has 1 aliphatic heterocycles. The molecule has 0 saturated carbocycles. The minimum atomic E-state index is 0. The number of piperidine rings is 1. The fourth-order valence-electron chi connectivity index (χ4n) is 3.07. The van der Waals surface area contributed by atoms with E-state index in [0.29, 0.717) is 25.2 Å². The summed E-state index contributed by atoms with van der Waals surface area (Å²) in [6.07, 6.45) is 4.06. The summed E-state index contributed by atoms with van der Waals surface area (Å²) in [6.45, 7) is 11.7. The Morgan fingerprint density at radius 1 is 1.35 bits per heavy atom. The number of rotatable bonds is 7. The molecule has 1 saturated heterocycles. The molecule has 0 radical (unpaired) electrons. The zero-order valence-corrected chi connectivity index (χ0v) is 18.5. The van der Waals surface area contributed by atoms with Gasteiger partial charge in [-0.25, -0.2) is 0 Å². The monoisotopic (exact) mass is 472 g/mol. The van der Waals surface area contributed by atoms with Gasteiger partial charge in [-0.2, -0.15) is 0 Å². The molecule has 0 bridgehead atoms. The van der Waals surface area contributed by atoms with Crippen molar-refractivity contribution in [2.45, 2.75) is 45.3 Å². The largest absolute Gasteiger partial charge is 0.489 e. The quantitative estimate of drug-likeness (QED) is 0.277. The maximum absolute atomic E-state index is 5.71. The molecule has 26 heavy (non-hydrogen) atoms. The molecular weight excluding hydrogens is 439 g/mol. The number of benzene rings is 1. The molecule has 5 nitrogen and oxygen atoms in total. The molecule has 1 aromatic carbocycles. The number of nitrogens with one attached hydrogen (secondary N) is 2. The highest BCUT2D eigenvalue weighted by atomic mass is 127. The Morgan fingerprint density at radius 3 is 2.65 bits per heavy atom. The number of aliphatic imine (C=N–C) groups is 1. The van der Waals surface area contributed by atoms with E-state index in [2.05, 4.69) is 47.0 Å². The second kappa shape index (κ2) is 12.2. The van der Waals surface area contributed by atoms with Crippen LogP contribution in [0.5, 0.6) is 5.75 Å². The summed E-state index contributed by atoms with van der Waals surface area (Å²) in [5.74, 6) is 1.73. The van der Waals surface area contributed by atoms with E-state index in [1.165, 1.54) is 0 Å². The van der Waals surface area contributed by atoms with Crippen molar-refractivity contribution < 1.29 is 4.74 Å². The van der Waals surface area contributed by atoms with E-state index >= 15 is 0 Å². The number of halogens is 1. The predicted octanol–water partition coefficient (Wildman–Crippen LogP) is 3.41. The fourth-order valence-corrected chi connectivity index (χ4v) is 3.07. The van der Waals surface area contributed by atoms with Crippen LogP contribution in [-0.4, -0.2) is 49.7 Å². The molecule has 1 heterocycles. The Hall–Kier alpha value is -1.28. The van der Waals surface area contributed by atoms with E-state index in [1.807, 2.05) is 25.2 Å². The number of guanidine groups is 1. The summed E-state index contributed by atoms with van der Waals surface area (Å²) in [5, 5.41) is 6.96. The van der Waals surface area contributed by atoms with Gasteiger partial charge in [0, 0.05) is 44.3 Å². The molecule has 2 rings (SSSR count). The molecule has 2 N–H and O–H groups in total. The topological polar surface area (TPSA) is 48.9 Å². The maximum atomic E-state index is 5.71. The summed E-state index contributed by atoms with van der Waals surface area (Å²) < 4.78 is 5.71. The molecule has 0 aromatic heterocycles. The van der Waals surface area contributed by atoms with Crippen molar-refractivity contribution >= 4 is 29.9 Å². The van der Waals surface area contributed by atoms with Gasteiger partial charge in [0.2, 0.25) is 0 Å². The Labute approximate surface area is 175 Å². The van der Waals surface area contributed by atoms with Crippen molar-refractivity contribution in [3.05, 3.63) is 42.5 Å². The Bertz CT molecular complexity index is 569. The zero-order chi connectivity index (χ0) is 18.1. The third-order valence-corrected chi connectivity index (χ3v) is 4.60. The molecule has 6 heteroatoms. The maximum Gasteiger partial charge on any atom is 0.191 e. The van der Waals surface area contributed by atoms with Gasteiger partial charge in [-0.1, -0.05) is 30.9 Å². The standard InChI is InChI=1S/C20H32N4O.HI/c1-5-14-25-19-9-7-6-8-17(19)15-22-20(21-4)23-18-10-12-24(13-11-18)16(2)3;/h5-9,16,18H,1,10-15H2,2-4H3,(H2,21,22,23);1H. The van der Waals surface area contributed by atoms with Gasteiger partial charge in [0.25, 0.3) is 0 Å². The van der Waals surface area contributed by atoms with Crippen molar-refractivity contribution in [1.29, 1.82) is 0 Å². The first kappa shape index (κ1) is 22.8. The number of ether oxygens (including phenoxy) is 1. The lowest BCUT2D eigenvalue weighted by molar-refractivity contribution is 0.167. The van der Waals surface area contributed by atoms with Crippen LogP contribution >= 0.6 is 24.0 Å². The second-order valence-electron chi connectivity index (χ2n) is 6.68. The molecular formula is C20H33IN4O. The molecule has 1 fully saturated rings. The third kappa shape index (κ3) is 7.15. The summed E-state index contributed by atoms with van der Waals surface area (Å²) >= 11 is 0. The number of hydrogen-bond acceptors (Lipinski definition) is 3. The first-order chi connectivity index (χ1) is 12.1. The van der Waals surface area contributed by atoms with Crippen LogP contribution in [0.2, 0.25) is 0 Å². The molecule has 0 amide bonds. The third-order valence-electron chi connectivity index (χ3n) is 4.60. The lowest BCUT2D eigenvalue weighted by atomic mass is 10.0. The first-order valence-electron chi connectivity index (χ1n) is 9.17. The minimum Gasteiger partial charge on any atom is -0.489 e. The van der Waals surface area contributed by atoms with Crippen molar-refractivity contribution in [1.82, 2.24) is 15.5 Å². The summed E-state index contributed by atoms with van der Waals surface area (Å²) in [5.41, 5.74) is 1.11. The van der Waals surface area contributed by atoms with Gasteiger partial charge in [-0.3, -0.25) is 4.99 Å². The van der Waals surface area contributed by atoms with Crippen LogP contribution in [0.4, 0.5) is 0 Å². The van der Waals surface area contributed by atoms with E-state index < -0.39 is 0 Å². The van der Waals surface area contributed by atoms with Gasteiger partial charge >= 0.3 is 0 Å². The minimum absolute atomic E-state index is 0. The molecule has 1 aromatic rings. The summed E-state index contributed by atoms with van der Waals surface area (Å²) in [4.78, 5) is 6.90. The van der Waals surface area contributed by atoms with Crippen LogP contribution in [0, 0.1) is 0 Å². The summed E-state index contributed by atoms with van der Waals surface area (Å²) in [7, 11) is 1.82. The van der Waals surface area contributed by atoms with Crippen molar-refractivity contribution in [3.63, 3.8) is 0 Å². The van der Waals surface area contributed by atoms with Crippen LogP contribution < -0.4 is 15.4 Å². The molecule has 0 unspecified atom stereocenters. The average molecular weight is 472 g/mol. The van der Waals surface area contributed by atoms with E-state index in [1.54, 1.807) is 6.08 Å². The van der Waals surface area contributed by atoms with E-state index in [-0.39, 0.29) is 24.0 Å². The van der Waals surface area contributed by atoms with Crippen molar-refractivity contribution in [2.24, 2.45) is 4.99 Å². The molecule has 0 aliphatic carbocycles. The van der Waals surface area contributed by atoms with Crippen molar-refractivity contribution in [2.75, 3.05) is 26.7 Å². The lowest BCUT2D eigenvalue weighted by Crippen LogP contribution is -2.49. The molecule has 146 valence electrons. The Kier molecular flexibility index (Phi) is 10.7. The van der Waals surface area contributed by atoms with Gasteiger partial charge < -0.3 is 20.3 Å². The normalized spacial score (nSPS) is 16.1.